The number of aryl methyl sites for hydroxylation is 1. The van der Waals surface area contributed by atoms with E-state index >= 15 is 0 Å². The summed E-state index contributed by atoms with van der Waals surface area (Å²) < 4.78 is 25.2. The lowest BCUT2D eigenvalue weighted by molar-refractivity contribution is -0.128. The number of nitrogens with zero attached hydrogens (tertiary/aromatic N) is 1. The molecule has 1 saturated carbocycles. The molecule has 2 saturated heterocycles. The molecule has 28 heavy (non-hydrogen) atoms. The van der Waals surface area contributed by atoms with E-state index in [1.54, 1.807) is 4.90 Å². The van der Waals surface area contributed by atoms with Crippen molar-refractivity contribution in [1.29, 1.82) is 0 Å². The van der Waals surface area contributed by atoms with Gasteiger partial charge in [0.15, 0.2) is 9.84 Å². The van der Waals surface area contributed by atoms with E-state index in [9.17, 15) is 18.0 Å². The molecule has 0 spiro atoms. The highest BCUT2D eigenvalue weighted by atomic mass is 32.2. The van der Waals surface area contributed by atoms with Crippen molar-refractivity contribution in [3.05, 3.63) is 29.8 Å². The SMILES string of the molecule is Cc1ccccc1NC(=O)N1C[C@@H]2[C@@H](C(=O)NC3CCC3)CCS(=O)(=O)[C@@H]2C1. The minimum Gasteiger partial charge on any atom is -0.353 e. The number of sulfone groups is 1. The average molecular weight is 406 g/mol. The molecule has 2 N–H and O–H groups in total. The minimum absolute atomic E-state index is 0.0180. The second kappa shape index (κ2) is 7.39. The second-order valence-electron chi connectivity index (χ2n) is 8.25. The second-order valence-corrected chi connectivity index (χ2v) is 10.6. The maximum atomic E-state index is 12.8. The van der Waals surface area contributed by atoms with Gasteiger partial charge in [-0.05, 0) is 44.2 Å². The smallest absolute Gasteiger partial charge is 0.321 e. The number of hydrogen-bond acceptors (Lipinski definition) is 4. The van der Waals surface area contributed by atoms with Crippen LogP contribution >= 0.6 is 0 Å². The third-order valence-corrected chi connectivity index (χ3v) is 8.69. The van der Waals surface area contributed by atoms with Gasteiger partial charge in [0.05, 0.1) is 11.0 Å². The molecule has 2 aliphatic heterocycles. The molecule has 7 nitrogen and oxygen atoms in total. The van der Waals surface area contributed by atoms with Crippen molar-refractivity contribution in [1.82, 2.24) is 10.2 Å². The summed E-state index contributed by atoms with van der Waals surface area (Å²) >= 11 is 0. The first-order chi connectivity index (χ1) is 13.3. The van der Waals surface area contributed by atoms with Crippen molar-refractivity contribution in [3.8, 4) is 0 Å². The molecule has 0 bridgehead atoms. The largest absolute Gasteiger partial charge is 0.353 e. The van der Waals surface area contributed by atoms with Gasteiger partial charge in [0, 0.05) is 36.7 Å². The lowest BCUT2D eigenvalue weighted by Gasteiger charge is -2.34. The number of urea groups is 1. The van der Waals surface area contributed by atoms with E-state index < -0.39 is 15.1 Å². The number of anilines is 1. The van der Waals surface area contributed by atoms with E-state index in [1.165, 1.54) is 0 Å². The molecule has 3 amide bonds. The molecule has 3 atom stereocenters. The summed E-state index contributed by atoms with van der Waals surface area (Å²) in [5, 5.41) is 5.29. The molecule has 2 heterocycles. The van der Waals surface area contributed by atoms with E-state index in [4.69, 9.17) is 0 Å². The first-order valence-corrected chi connectivity index (χ1v) is 11.7. The van der Waals surface area contributed by atoms with Gasteiger partial charge in [-0.1, -0.05) is 18.2 Å². The highest BCUT2D eigenvalue weighted by molar-refractivity contribution is 7.92. The average Bonchev–Trinajstić information content (AvgIpc) is 3.07. The Labute approximate surface area is 165 Å². The zero-order chi connectivity index (χ0) is 19.9. The summed E-state index contributed by atoms with van der Waals surface area (Å²) in [6, 6.07) is 7.39. The number of benzene rings is 1. The van der Waals surface area contributed by atoms with Gasteiger partial charge in [-0.25, -0.2) is 13.2 Å². The van der Waals surface area contributed by atoms with E-state index in [-0.39, 0.29) is 42.1 Å². The normalized spacial score (nSPS) is 28.9. The molecule has 3 fully saturated rings. The number of rotatable bonds is 3. The van der Waals surface area contributed by atoms with Crippen LogP contribution in [0.2, 0.25) is 0 Å². The van der Waals surface area contributed by atoms with Crippen molar-refractivity contribution in [3.63, 3.8) is 0 Å². The third kappa shape index (κ3) is 3.62. The van der Waals surface area contributed by atoms with Crippen LogP contribution in [0.1, 0.15) is 31.2 Å². The summed E-state index contributed by atoms with van der Waals surface area (Å²) in [5.41, 5.74) is 1.65. The van der Waals surface area contributed by atoms with Gasteiger partial charge >= 0.3 is 6.03 Å². The monoisotopic (exact) mass is 405 g/mol. The molecular weight excluding hydrogens is 378 g/mol. The summed E-state index contributed by atoms with van der Waals surface area (Å²) in [4.78, 5) is 27.0. The Kier molecular flexibility index (Phi) is 5.07. The van der Waals surface area contributed by atoms with Crippen LogP contribution in [0.5, 0.6) is 0 Å². The fourth-order valence-corrected chi connectivity index (χ4v) is 6.58. The summed E-state index contributed by atoms with van der Waals surface area (Å²) in [5.74, 6) is -0.702. The van der Waals surface area contributed by atoms with Crippen LogP contribution in [0, 0.1) is 18.8 Å². The number of nitrogens with one attached hydrogen (secondary N) is 2. The standard InChI is InChI=1S/C20H27N3O4S/c1-13-5-2-3-8-17(13)22-20(25)23-11-16-15(19(24)21-14-6-4-7-14)9-10-28(26,27)18(16)12-23/h2-3,5,8,14-16,18H,4,6-7,9-12H2,1H3,(H,21,24)(H,22,25)/t15-,16+,18+/m0/s1. The highest BCUT2D eigenvalue weighted by Crippen LogP contribution is 2.37. The molecule has 8 heteroatoms. The van der Waals surface area contributed by atoms with Gasteiger partial charge in [0.1, 0.15) is 0 Å². The Morgan fingerprint density at radius 1 is 1.11 bits per heavy atom. The van der Waals surface area contributed by atoms with Crippen LogP contribution < -0.4 is 10.6 Å². The van der Waals surface area contributed by atoms with Gasteiger partial charge in [0.2, 0.25) is 5.91 Å². The molecule has 0 radical (unpaired) electrons. The number of amides is 3. The van der Waals surface area contributed by atoms with Gasteiger partial charge in [-0.2, -0.15) is 0 Å². The van der Waals surface area contributed by atoms with Gasteiger partial charge in [-0.15, -0.1) is 0 Å². The molecular formula is C20H27N3O4S. The molecule has 0 aromatic heterocycles. The zero-order valence-corrected chi connectivity index (χ0v) is 16.9. The minimum atomic E-state index is -3.30. The van der Waals surface area contributed by atoms with Crippen molar-refractivity contribution in [2.45, 2.75) is 43.9 Å². The zero-order valence-electron chi connectivity index (χ0n) is 16.1. The third-order valence-electron chi connectivity index (χ3n) is 6.46. The maximum absolute atomic E-state index is 12.8. The predicted octanol–water partition coefficient (Wildman–Crippen LogP) is 1.93. The van der Waals surface area contributed by atoms with Crippen LogP contribution in [0.3, 0.4) is 0 Å². The number of para-hydroxylation sites is 1. The van der Waals surface area contributed by atoms with Crippen molar-refractivity contribution < 1.29 is 18.0 Å². The van der Waals surface area contributed by atoms with Gasteiger partial charge in [0.25, 0.3) is 0 Å². The van der Waals surface area contributed by atoms with E-state index in [2.05, 4.69) is 10.6 Å². The van der Waals surface area contributed by atoms with Crippen LogP contribution in [0.15, 0.2) is 24.3 Å². The number of likely N-dealkylation sites (tertiary alicyclic amines) is 1. The van der Waals surface area contributed by atoms with Crippen LogP contribution in [-0.2, 0) is 14.6 Å². The molecule has 0 unspecified atom stereocenters. The molecule has 4 rings (SSSR count). The highest BCUT2D eigenvalue weighted by Gasteiger charge is 2.51. The molecule has 3 aliphatic rings. The first-order valence-electron chi connectivity index (χ1n) is 9.98. The van der Waals surface area contributed by atoms with E-state index in [0.29, 0.717) is 18.7 Å². The predicted molar refractivity (Wildman–Crippen MR) is 107 cm³/mol. The lowest BCUT2D eigenvalue weighted by atomic mass is 9.86. The Morgan fingerprint density at radius 2 is 1.86 bits per heavy atom. The molecule has 1 aliphatic carbocycles. The summed E-state index contributed by atoms with van der Waals surface area (Å²) in [6.45, 7) is 2.35. The fourth-order valence-electron chi connectivity index (χ4n) is 4.48. The quantitative estimate of drug-likeness (QED) is 0.803. The number of hydrogen-bond donors (Lipinski definition) is 2. The molecule has 1 aromatic rings. The molecule has 1 aromatic carbocycles. The number of carbonyl (C=O) groups excluding carboxylic acids is 2. The Morgan fingerprint density at radius 3 is 2.54 bits per heavy atom. The van der Waals surface area contributed by atoms with Gasteiger partial charge < -0.3 is 15.5 Å². The lowest BCUT2D eigenvalue weighted by Crippen LogP contribution is -2.50. The summed E-state index contributed by atoms with van der Waals surface area (Å²) in [6.07, 6.45) is 3.46. The van der Waals surface area contributed by atoms with Crippen molar-refractivity contribution >= 4 is 27.5 Å². The Hall–Kier alpha value is -2.09. The van der Waals surface area contributed by atoms with Crippen LogP contribution in [0.4, 0.5) is 10.5 Å². The van der Waals surface area contributed by atoms with E-state index in [0.717, 1.165) is 24.8 Å². The maximum Gasteiger partial charge on any atom is 0.321 e. The van der Waals surface area contributed by atoms with Crippen molar-refractivity contribution in [2.75, 3.05) is 24.2 Å². The number of fused-ring (bicyclic) bond motifs is 1. The summed E-state index contributed by atoms with van der Waals surface area (Å²) in [7, 11) is -3.30. The van der Waals surface area contributed by atoms with Gasteiger partial charge in [-0.3, -0.25) is 4.79 Å². The van der Waals surface area contributed by atoms with Crippen LogP contribution in [-0.4, -0.2) is 55.4 Å². The molecule has 152 valence electrons. The van der Waals surface area contributed by atoms with Crippen LogP contribution in [0.25, 0.3) is 0 Å². The van der Waals surface area contributed by atoms with E-state index in [1.807, 2.05) is 31.2 Å². The van der Waals surface area contributed by atoms with Crippen molar-refractivity contribution in [2.24, 2.45) is 11.8 Å². The Bertz CT molecular complexity index is 881. The topological polar surface area (TPSA) is 95.6 Å². The Balaban J connectivity index is 1.48. The first kappa shape index (κ1) is 19.2. The fraction of sp³-hybridized carbons (Fsp3) is 0.600. The number of carbonyl (C=O) groups is 2.